The molecule has 0 aliphatic carbocycles. The zero-order valence-corrected chi connectivity index (χ0v) is 11.9. The molecule has 5 nitrogen and oxygen atoms in total. The predicted octanol–water partition coefficient (Wildman–Crippen LogP) is 0.328. The number of aliphatic hydroxyl groups is 1. The molecule has 0 spiro atoms. The minimum atomic E-state index is 0.0643. The van der Waals surface area contributed by atoms with Gasteiger partial charge in [-0.05, 0) is 25.8 Å². The number of hydrogen-bond donors (Lipinski definition) is 1. The molecule has 0 aromatic heterocycles. The van der Waals surface area contributed by atoms with E-state index in [0.717, 1.165) is 52.0 Å². The summed E-state index contributed by atoms with van der Waals surface area (Å²) < 4.78 is 5.63. The number of hydrogen-bond acceptors (Lipinski definition) is 4. The van der Waals surface area contributed by atoms with E-state index in [9.17, 15) is 4.79 Å². The van der Waals surface area contributed by atoms with Crippen LogP contribution in [0.5, 0.6) is 0 Å². The highest BCUT2D eigenvalue weighted by Gasteiger charge is 2.35. The molecule has 110 valence electrons. The first kappa shape index (κ1) is 14.8. The van der Waals surface area contributed by atoms with Gasteiger partial charge in [0, 0.05) is 32.8 Å². The van der Waals surface area contributed by atoms with Crippen molar-refractivity contribution in [3.63, 3.8) is 0 Å². The number of carbonyl (C=O) groups is 1. The van der Waals surface area contributed by atoms with Gasteiger partial charge in [0.15, 0.2) is 0 Å². The van der Waals surface area contributed by atoms with Crippen LogP contribution in [-0.4, -0.2) is 72.9 Å². The minimum Gasteiger partial charge on any atom is -0.395 e. The Bertz CT molecular complexity index is 298. The van der Waals surface area contributed by atoms with Crippen LogP contribution in [0.1, 0.15) is 26.2 Å². The molecule has 0 aromatic carbocycles. The standard InChI is InChI=1S/C14H26N2O3/c1-2-13-12(4-11-19-13)14(18)16-6-3-5-15(7-8-16)9-10-17/h12-13,17H,2-11H2,1H3. The van der Waals surface area contributed by atoms with Crippen LogP contribution in [0.25, 0.3) is 0 Å². The first-order chi connectivity index (χ1) is 9.26. The van der Waals surface area contributed by atoms with E-state index in [2.05, 4.69) is 11.8 Å². The van der Waals surface area contributed by atoms with Crippen molar-refractivity contribution in [1.29, 1.82) is 0 Å². The third-order valence-electron chi connectivity index (χ3n) is 4.25. The molecule has 1 amide bonds. The minimum absolute atomic E-state index is 0.0643. The van der Waals surface area contributed by atoms with E-state index in [1.165, 1.54) is 0 Å². The normalized spacial score (nSPS) is 29.5. The average molecular weight is 270 g/mol. The fourth-order valence-electron chi connectivity index (χ4n) is 3.12. The molecule has 2 rings (SSSR count). The molecule has 0 radical (unpaired) electrons. The number of carbonyl (C=O) groups excluding carboxylic acids is 1. The smallest absolute Gasteiger partial charge is 0.228 e. The van der Waals surface area contributed by atoms with Gasteiger partial charge in [-0.15, -0.1) is 0 Å². The molecule has 0 saturated carbocycles. The molecule has 5 heteroatoms. The Balaban J connectivity index is 1.88. The van der Waals surface area contributed by atoms with Crippen molar-refractivity contribution in [3.8, 4) is 0 Å². The van der Waals surface area contributed by atoms with Crippen molar-refractivity contribution < 1.29 is 14.6 Å². The Hall–Kier alpha value is -0.650. The molecule has 2 fully saturated rings. The lowest BCUT2D eigenvalue weighted by atomic mass is 9.98. The number of β-amino-alcohol motifs (C(OH)–C–C–N with tert-alkyl or cyclic N) is 1. The van der Waals surface area contributed by atoms with Gasteiger partial charge in [0.25, 0.3) is 0 Å². The Morgan fingerprint density at radius 2 is 2.16 bits per heavy atom. The number of rotatable bonds is 4. The van der Waals surface area contributed by atoms with Crippen molar-refractivity contribution in [2.45, 2.75) is 32.3 Å². The Morgan fingerprint density at radius 3 is 2.89 bits per heavy atom. The number of aliphatic hydroxyl groups excluding tert-OH is 1. The highest BCUT2D eigenvalue weighted by Crippen LogP contribution is 2.25. The average Bonchev–Trinajstić information content (AvgIpc) is 2.78. The maximum absolute atomic E-state index is 12.6. The Labute approximate surface area is 115 Å². The second-order valence-electron chi connectivity index (χ2n) is 5.46. The van der Waals surface area contributed by atoms with Crippen LogP contribution in [0.2, 0.25) is 0 Å². The van der Waals surface area contributed by atoms with Gasteiger partial charge < -0.3 is 14.7 Å². The summed E-state index contributed by atoms with van der Waals surface area (Å²) in [5.41, 5.74) is 0. The van der Waals surface area contributed by atoms with E-state index in [4.69, 9.17) is 9.84 Å². The largest absolute Gasteiger partial charge is 0.395 e. The van der Waals surface area contributed by atoms with Crippen molar-refractivity contribution >= 4 is 5.91 Å². The van der Waals surface area contributed by atoms with E-state index < -0.39 is 0 Å². The zero-order chi connectivity index (χ0) is 13.7. The van der Waals surface area contributed by atoms with Crippen LogP contribution in [0.15, 0.2) is 0 Å². The van der Waals surface area contributed by atoms with E-state index in [1.807, 2.05) is 4.90 Å². The van der Waals surface area contributed by atoms with Crippen LogP contribution < -0.4 is 0 Å². The van der Waals surface area contributed by atoms with E-state index >= 15 is 0 Å². The Morgan fingerprint density at radius 1 is 1.32 bits per heavy atom. The molecule has 2 aliphatic rings. The summed E-state index contributed by atoms with van der Waals surface area (Å²) in [6.07, 6.45) is 2.90. The van der Waals surface area contributed by atoms with Gasteiger partial charge in [0.1, 0.15) is 0 Å². The second kappa shape index (κ2) is 7.22. The lowest BCUT2D eigenvalue weighted by molar-refractivity contribution is -0.137. The highest BCUT2D eigenvalue weighted by atomic mass is 16.5. The number of ether oxygens (including phenoxy) is 1. The van der Waals surface area contributed by atoms with E-state index in [1.54, 1.807) is 0 Å². The third-order valence-corrected chi connectivity index (χ3v) is 4.25. The molecule has 2 unspecified atom stereocenters. The fourth-order valence-corrected chi connectivity index (χ4v) is 3.12. The molecule has 0 aromatic rings. The first-order valence-corrected chi connectivity index (χ1v) is 7.50. The van der Waals surface area contributed by atoms with E-state index in [0.29, 0.717) is 6.54 Å². The van der Waals surface area contributed by atoms with Crippen LogP contribution >= 0.6 is 0 Å². The molecule has 2 atom stereocenters. The predicted molar refractivity (Wildman–Crippen MR) is 72.9 cm³/mol. The molecule has 1 N–H and O–H groups in total. The zero-order valence-electron chi connectivity index (χ0n) is 11.9. The van der Waals surface area contributed by atoms with Gasteiger partial charge in [-0.3, -0.25) is 9.69 Å². The van der Waals surface area contributed by atoms with Gasteiger partial charge in [-0.1, -0.05) is 6.92 Å². The monoisotopic (exact) mass is 270 g/mol. The van der Waals surface area contributed by atoms with Crippen LogP contribution in [0, 0.1) is 5.92 Å². The molecule has 2 saturated heterocycles. The van der Waals surface area contributed by atoms with Crippen molar-refractivity contribution in [2.75, 3.05) is 45.9 Å². The fraction of sp³-hybridized carbons (Fsp3) is 0.929. The molecule has 19 heavy (non-hydrogen) atoms. The first-order valence-electron chi connectivity index (χ1n) is 7.50. The quantitative estimate of drug-likeness (QED) is 0.800. The maximum Gasteiger partial charge on any atom is 0.228 e. The van der Waals surface area contributed by atoms with Crippen molar-refractivity contribution in [2.24, 2.45) is 5.92 Å². The Kier molecular flexibility index (Phi) is 5.60. The second-order valence-corrected chi connectivity index (χ2v) is 5.46. The van der Waals surface area contributed by atoms with Gasteiger partial charge >= 0.3 is 0 Å². The molecular weight excluding hydrogens is 244 g/mol. The van der Waals surface area contributed by atoms with Crippen molar-refractivity contribution in [1.82, 2.24) is 9.80 Å². The van der Waals surface area contributed by atoms with Gasteiger partial charge in [-0.25, -0.2) is 0 Å². The molecule has 2 heterocycles. The van der Waals surface area contributed by atoms with E-state index in [-0.39, 0.29) is 24.5 Å². The summed E-state index contributed by atoms with van der Waals surface area (Å²) in [6, 6.07) is 0. The maximum atomic E-state index is 12.6. The molecular formula is C14H26N2O3. The topological polar surface area (TPSA) is 53.0 Å². The molecule has 0 bridgehead atoms. The lowest BCUT2D eigenvalue weighted by Gasteiger charge is -2.26. The highest BCUT2D eigenvalue weighted by molar-refractivity contribution is 5.79. The summed E-state index contributed by atoms with van der Waals surface area (Å²) in [5.74, 6) is 0.338. The summed E-state index contributed by atoms with van der Waals surface area (Å²) in [5, 5.41) is 8.99. The van der Waals surface area contributed by atoms with Gasteiger partial charge in [0.05, 0.1) is 18.6 Å². The van der Waals surface area contributed by atoms with Crippen LogP contribution in [0.3, 0.4) is 0 Å². The molecule has 2 aliphatic heterocycles. The lowest BCUT2D eigenvalue weighted by Crippen LogP contribution is -2.41. The summed E-state index contributed by atoms with van der Waals surface area (Å²) in [6.45, 7) is 7.19. The third kappa shape index (κ3) is 3.68. The van der Waals surface area contributed by atoms with Gasteiger partial charge in [-0.2, -0.15) is 0 Å². The van der Waals surface area contributed by atoms with Crippen molar-refractivity contribution in [3.05, 3.63) is 0 Å². The van der Waals surface area contributed by atoms with Gasteiger partial charge in [0.2, 0.25) is 5.91 Å². The van der Waals surface area contributed by atoms with Crippen LogP contribution in [-0.2, 0) is 9.53 Å². The summed E-state index contributed by atoms with van der Waals surface area (Å²) in [4.78, 5) is 16.8. The number of nitrogens with zero attached hydrogens (tertiary/aromatic N) is 2. The summed E-state index contributed by atoms with van der Waals surface area (Å²) in [7, 11) is 0. The SMILES string of the molecule is CCC1OCCC1C(=O)N1CCCN(CCO)CC1. The number of amides is 1. The van der Waals surface area contributed by atoms with Crippen LogP contribution in [0.4, 0.5) is 0 Å². The summed E-state index contributed by atoms with van der Waals surface area (Å²) >= 11 is 0.